The first kappa shape index (κ1) is 20.7. The van der Waals surface area contributed by atoms with E-state index in [0.717, 1.165) is 20.4 Å². The first-order valence-electron chi connectivity index (χ1n) is 8.80. The van der Waals surface area contributed by atoms with Crippen molar-refractivity contribution in [3.63, 3.8) is 0 Å². The molecule has 4 rings (SSSR count). The molecule has 0 unspecified atom stereocenters. The molecular weight excluding hydrogens is 535 g/mol. The second kappa shape index (κ2) is 8.66. The van der Waals surface area contributed by atoms with Crippen molar-refractivity contribution >= 4 is 74.3 Å². The number of hydrogen-bond donors (Lipinski definition) is 2. The summed E-state index contributed by atoms with van der Waals surface area (Å²) in [6.07, 6.45) is 1.67. The molecule has 9 heteroatoms. The molecular formula is C21H14ClIN4O2S. The van der Waals surface area contributed by atoms with Crippen LogP contribution >= 0.6 is 46.4 Å². The Hall–Kier alpha value is -2.56. The number of anilines is 1. The van der Waals surface area contributed by atoms with E-state index in [-0.39, 0.29) is 11.0 Å². The van der Waals surface area contributed by atoms with Crippen molar-refractivity contribution in [1.82, 2.24) is 15.3 Å². The normalized spacial score (nSPS) is 10.8. The zero-order chi connectivity index (χ0) is 21.3. The number of oxazole rings is 1. The van der Waals surface area contributed by atoms with Crippen LogP contribution in [0, 0.1) is 10.5 Å². The minimum atomic E-state index is -0.371. The SMILES string of the molecule is Cc1cc(-c2nc3ncccc3o2)ccc1NC(=S)NC(=O)c1cc(I)ccc1Cl. The summed E-state index contributed by atoms with van der Waals surface area (Å²) in [6.45, 7) is 1.92. The van der Waals surface area contributed by atoms with Crippen LogP contribution in [0.2, 0.25) is 5.02 Å². The molecule has 0 fully saturated rings. The van der Waals surface area contributed by atoms with Gasteiger partial charge in [-0.1, -0.05) is 11.6 Å². The Bertz CT molecular complexity index is 1260. The van der Waals surface area contributed by atoms with Crippen LogP contribution in [0.25, 0.3) is 22.7 Å². The lowest BCUT2D eigenvalue weighted by molar-refractivity contribution is 0.0978. The summed E-state index contributed by atoms with van der Waals surface area (Å²) in [5.41, 5.74) is 4.04. The second-order valence-corrected chi connectivity index (χ2v) is 8.47. The number of aromatic nitrogens is 2. The quantitative estimate of drug-likeness (QED) is 0.257. The lowest BCUT2D eigenvalue weighted by atomic mass is 10.1. The van der Waals surface area contributed by atoms with Crippen LogP contribution in [0.1, 0.15) is 15.9 Å². The molecule has 2 aromatic heterocycles. The Labute approximate surface area is 196 Å². The largest absolute Gasteiger partial charge is 0.434 e. The average Bonchev–Trinajstić information content (AvgIpc) is 3.15. The van der Waals surface area contributed by atoms with Gasteiger partial charge in [-0.3, -0.25) is 10.1 Å². The van der Waals surface area contributed by atoms with Crippen LogP contribution in [-0.2, 0) is 0 Å². The number of carbonyl (C=O) groups excluding carboxylic acids is 1. The highest BCUT2D eigenvalue weighted by Crippen LogP contribution is 2.27. The summed E-state index contributed by atoms with van der Waals surface area (Å²) in [5, 5.41) is 6.24. The fourth-order valence-electron chi connectivity index (χ4n) is 2.82. The molecule has 0 atom stereocenters. The molecule has 0 saturated carbocycles. The summed E-state index contributed by atoms with van der Waals surface area (Å²) in [5.74, 6) is 0.117. The molecule has 2 N–H and O–H groups in total. The highest BCUT2D eigenvalue weighted by molar-refractivity contribution is 14.1. The summed E-state index contributed by atoms with van der Waals surface area (Å²) < 4.78 is 6.67. The fourth-order valence-corrected chi connectivity index (χ4v) is 3.72. The maximum atomic E-state index is 12.5. The van der Waals surface area contributed by atoms with Crippen molar-refractivity contribution in [2.75, 3.05) is 5.32 Å². The predicted molar refractivity (Wildman–Crippen MR) is 130 cm³/mol. The average molecular weight is 549 g/mol. The predicted octanol–water partition coefficient (Wildman–Crippen LogP) is 5.58. The van der Waals surface area contributed by atoms with Gasteiger partial charge in [-0.05, 0) is 95.8 Å². The summed E-state index contributed by atoms with van der Waals surface area (Å²) in [7, 11) is 0. The number of pyridine rings is 1. The van der Waals surface area contributed by atoms with E-state index in [1.54, 1.807) is 24.4 Å². The number of carbonyl (C=O) groups is 1. The van der Waals surface area contributed by atoms with Gasteiger partial charge in [-0.25, -0.2) is 4.98 Å². The Kier molecular flexibility index (Phi) is 5.98. The lowest BCUT2D eigenvalue weighted by Crippen LogP contribution is -2.34. The van der Waals surface area contributed by atoms with Crippen molar-refractivity contribution in [3.05, 3.63) is 74.4 Å². The summed E-state index contributed by atoms with van der Waals surface area (Å²) in [6, 6.07) is 14.5. The minimum Gasteiger partial charge on any atom is -0.434 e. The number of halogens is 2. The van der Waals surface area contributed by atoms with Gasteiger partial charge in [0.1, 0.15) is 0 Å². The molecule has 0 aliphatic carbocycles. The van der Waals surface area contributed by atoms with E-state index in [0.29, 0.717) is 27.7 Å². The van der Waals surface area contributed by atoms with E-state index < -0.39 is 0 Å². The number of nitrogens with zero attached hydrogens (tertiary/aromatic N) is 2. The molecule has 1 amide bonds. The van der Waals surface area contributed by atoms with Crippen molar-refractivity contribution in [2.45, 2.75) is 6.92 Å². The minimum absolute atomic E-state index is 0.178. The van der Waals surface area contributed by atoms with E-state index in [9.17, 15) is 4.79 Å². The van der Waals surface area contributed by atoms with Gasteiger partial charge in [-0.15, -0.1) is 0 Å². The smallest absolute Gasteiger partial charge is 0.258 e. The first-order chi connectivity index (χ1) is 14.4. The lowest BCUT2D eigenvalue weighted by Gasteiger charge is -2.13. The van der Waals surface area contributed by atoms with E-state index in [2.05, 4.69) is 43.2 Å². The van der Waals surface area contributed by atoms with E-state index >= 15 is 0 Å². The van der Waals surface area contributed by atoms with Gasteiger partial charge in [0.15, 0.2) is 16.3 Å². The van der Waals surface area contributed by atoms with Gasteiger partial charge in [0, 0.05) is 21.0 Å². The molecule has 30 heavy (non-hydrogen) atoms. The molecule has 0 bridgehead atoms. The van der Waals surface area contributed by atoms with Gasteiger partial charge in [0.2, 0.25) is 5.89 Å². The third-order valence-corrected chi connectivity index (χ3v) is 5.49. The van der Waals surface area contributed by atoms with Crippen LogP contribution < -0.4 is 10.6 Å². The number of fused-ring (bicyclic) bond motifs is 1. The molecule has 2 aromatic carbocycles. The number of nitrogens with one attached hydrogen (secondary N) is 2. The van der Waals surface area contributed by atoms with Crippen molar-refractivity contribution < 1.29 is 9.21 Å². The van der Waals surface area contributed by atoms with Gasteiger partial charge < -0.3 is 9.73 Å². The van der Waals surface area contributed by atoms with Crippen LogP contribution in [0.5, 0.6) is 0 Å². The van der Waals surface area contributed by atoms with Crippen molar-refractivity contribution in [3.8, 4) is 11.5 Å². The summed E-state index contributed by atoms with van der Waals surface area (Å²) in [4.78, 5) is 21.1. The molecule has 0 aliphatic rings. The van der Waals surface area contributed by atoms with Gasteiger partial charge in [0.05, 0.1) is 10.6 Å². The van der Waals surface area contributed by atoms with Crippen LogP contribution in [-0.4, -0.2) is 21.0 Å². The maximum Gasteiger partial charge on any atom is 0.258 e. The Morgan fingerprint density at radius 2 is 2.03 bits per heavy atom. The number of hydrogen-bond acceptors (Lipinski definition) is 5. The first-order valence-corrected chi connectivity index (χ1v) is 10.7. The Balaban J connectivity index is 1.48. The molecule has 0 saturated heterocycles. The molecule has 4 aromatic rings. The van der Waals surface area contributed by atoms with Gasteiger partial charge >= 0.3 is 0 Å². The number of benzene rings is 2. The topological polar surface area (TPSA) is 80.1 Å². The van der Waals surface area contributed by atoms with Crippen molar-refractivity contribution in [2.24, 2.45) is 0 Å². The zero-order valence-corrected chi connectivity index (χ0v) is 19.3. The number of rotatable bonds is 3. The second-order valence-electron chi connectivity index (χ2n) is 6.41. The number of amides is 1. The fraction of sp³-hybridized carbons (Fsp3) is 0.0476. The van der Waals surface area contributed by atoms with Crippen LogP contribution in [0.15, 0.2) is 59.1 Å². The maximum absolute atomic E-state index is 12.5. The standard InChI is InChI=1S/C21H14ClIN4O2S/c1-11-9-12(20-26-18-17(29-20)3-2-8-24-18)4-7-16(11)25-21(30)27-19(28)14-10-13(23)5-6-15(14)22/h2-10H,1H3,(H2,25,27,28,30). The molecule has 2 heterocycles. The highest BCUT2D eigenvalue weighted by Gasteiger charge is 2.14. The number of thiocarbonyl (C=S) groups is 1. The monoisotopic (exact) mass is 548 g/mol. The molecule has 0 aliphatic heterocycles. The summed E-state index contributed by atoms with van der Waals surface area (Å²) >= 11 is 13.5. The number of aryl methyl sites for hydroxylation is 1. The Morgan fingerprint density at radius 3 is 2.80 bits per heavy atom. The molecule has 0 spiro atoms. The van der Waals surface area contributed by atoms with Crippen molar-refractivity contribution in [1.29, 1.82) is 0 Å². The molecule has 0 radical (unpaired) electrons. The molecule has 6 nitrogen and oxygen atoms in total. The van der Waals surface area contributed by atoms with E-state index in [1.807, 2.05) is 37.3 Å². The van der Waals surface area contributed by atoms with E-state index in [1.165, 1.54) is 0 Å². The van der Waals surface area contributed by atoms with Crippen LogP contribution in [0.4, 0.5) is 5.69 Å². The Morgan fingerprint density at radius 1 is 1.20 bits per heavy atom. The van der Waals surface area contributed by atoms with Gasteiger partial charge in [-0.2, -0.15) is 4.98 Å². The van der Waals surface area contributed by atoms with Crippen LogP contribution in [0.3, 0.4) is 0 Å². The third-order valence-electron chi connectivity index (χ3n) is 4.29. The molecule has 150 valence electrons. The highest BCUT2D eigenvalue weighted by atomic mass is 127. The van der Waals surface area contributed by atoms with E-state index in [4.69, 9.17) is 28.2 Å². The van der Waals surface area contributed by atoms with Gasteiger partial charge in [0.25, 0.3) is 5.91 Å². The third kappa shape index (κ3) is 4.45. The zero-order valence-electron chi connectivity index (χ0n) is 15.6.